The quantitative estimate of drug-likeness (QED) is 0.740. The van der Waals surface area contributed by atoms with Crippen molar-refractivity contribution in [2.45, 2.75) is 18.8 Å². The van der Waals surface area contributed by atoms with E-state index < -0.39 is 0 Å². The summed E-state index contributed by atoms with van der Waals surface area (Å²) in [5.74, 6) is 0.844. The summed E-state index contributed by atoms with van der Waals surface area (Å²) in [5.41, 5.74) is 0. The van der Waals surface area contributed by atoms with Crippen molar-refractivity contribution in [3.63, 3.8) is 0 Å². The Morgan fingerprint density at radius 1 is 1.33 bits per heavy atom. The van der Waals surface area contributed by atoms with Crippen LogP contribution < -0.4 is 5.32 Å². The lowest BCUT2D eigenvalue weighted by atomic mass is 9.97. The van der Waals surface area contributed by atoms with Gasteiger partial charge in [0.25, 0.3) is 0 Å². The number of hydrogen-bond acceptors (Lipinski definition) is 2. The van der Waals surface area contributed by atoms with Gasteiger partial charge < -0.3 is 5.32 Å². The lowest BCUT2D eigenvalue weighted by Crippen LogP contribution is -2.26. The van der Waals surface area contributed by atoms with Crippen LogP contribution in [-0.2, 0) is 0 Å². The maximum Gasteiger partial charge on any atom is 0.00771 e. The molecule has 12 heavy (non-hydrogen) atoms. The molecule has 1 aliphatic heterocycles. The number of piperidine rings is 1. The zero-order chi connectivity index (χ0) is 7.52. The molecule has 3 heteroatoms. The first-order chi connectivity index (χ1) is 5.47. The number of hydrogen-bond donors (Lipinski definition) is 1. The van der Waals surface area contributed by atoms with E-state index in [1.54, 1.807) is 4.88 Å². The van der Waals surface area contributed by atoms with E-state index in [1.807, 2.05) is 11.3 Å². The molecule has 0 aromatic carbocycles. The van der Waals surface area contributed by atoms with Crippen molar-refractivity contribution in [1.82, 2.24) is 5.32 Å². The second kappa shape index (κ2) is 4.85. The normalized spacial score (nSPS) is 18.7. The van der Waals surface area contributed by atoms with E-state index in [1.165, 1.54) is 25.9 Å². The third kappa shape index (κ3) is 2.22. The summed E-state index contributed by atoms with van der Waals surface area (Å²) in [7, 11) is 0. The third-order valence-electron chi connectivity index (χ3n) is 2.28. The van der Waals surface area contributed by atoms with Crippen molar-refractivity contribution in [3.05, 3.63) is 22.4 Å². The van der Waals surface area contributed by atoms with Crippen LogP contribution >= 0.6 is 23.7 Å². The molecule has 0 bridgehead atoms. The highest BCUT2D eigenvalue weighted by molar-refractivity contribution is 7.10. The van der Waals surface area contributed by atoms with E-state index in [4.69, 9.17) is 0 Å². The average molecular weight is 204 g/mol. The van der Waals surface area contributed by atoms with Gasteiger partial charge in [0.15, 0.2) is 0 Å². The predicted octanol–water partition coefficient (Wildman–Crippen LogP) is 2.64. The van der Waals surface area contributed by atoms with Gasteiger partial charge in [0.2, 0.25) is 0 Å². The molecular formula is C9H14ClNS. The highest BCUT2D eigenvalue weighted by Gasteiger charge is 2.14. The van der Waals surface area contributed by atoms with E-state index >= 15 is 0 Å². The van der Waals surface area contributed by atoms with Crippen LogP contribution in [0.4, 0.5) is 0 Å². The molecule has 1 aromatic rings. The van der Waals surface area contributed by atoms with Crippen molar-refractivity contribution in [2.24, 2.45) is 0 Å². The third-order valence-corrected chi connectivity index (χ3v) is 3.32. The van der Waals surface area contributed by atoms with Gasteiger partial charge in [-0.2, -0.15) is 0 Å². The molecular weight excluding hydrogens is 190 g/mol. The molecule has 0 saturated carbocycles. The molecule has 1 N–H and O–H groups in total. The molecule has 0 atom stereocenters. The predicted molar refractivity (Wildman–Crippen MR) is 56.4 cm³/mol. The van der Waals surface area contributed by atoms with Gasteiger partial charge in [-0.1, -0.05) is 6.07 Å². The van der Waals surface area contributed by atoms with E-state index in [0.717, 1.165) is 5.92 Å². The molecule has 0 amide bonds. The van der Waals surface area contributed by atoms with Crippen molar-refractivity contribution in [3.8, 4) is 0 Å². The fourth-order valence-electron chi connectivity index (χ4n) is 1.63. The summed E-state index contributed by atoms with van der Waals surface area (Å²) in [6, 6.07) is 4.42. The molecule has 2 rings (SSSR count). The molecule has 2 heterocycles. The molecule has 1 aromatic heterocycles. The Kier molecular flexibility index (Phi) is 4.06. The highest BCUT2D eigenvalue weighted by atomic mass is 35.5. The van der Waals surface area contributed by atoms with Gasteiger partial charge in [0, 0.05) is 4.88 Å². The molecule has 0 unspecified atom stereocenters. The second-order valence-corrected chi connectivity index (χ2v) is 4.02. The zero-order valence-corrected chi connectivity index (χ0v) is 8.59. The Labute approximate surface area is 83.6 Å². The maximum atomic E-state index is 3.38. The molecule has 1 saturated heterocycles. The summed E-state index contributed by atoms with van der Waals surface area (Å²) in [6.45, 7) is 2.39. The van der Waals surface area contributed by atoms with Gasteiger partial charge in [-0.15, -0.1) is 23.7 Å². The van der Waals surface area contributed by atoms with Crippen LogP contribution in [0.15, 0.2) is 17.5 Å². The second-order valence-electron chi connectivity index (χ2n) is 3.04. The van der Waals surface area contributed by atoms with Gasteiger partial charge >= 0.3 is 0 Å². The van der Waals surface area contributed by atoms with Gasteiger partial charge in [0.1, 0.15) is 0 Å². The van der Waals surface area contributed by atoms with E-state index in [2.05, 4.69) is 22.8 Å². The summed E-state index contributed by atoms with van der Waals surface area (Å²) >= 11 is 1.90. The van der Waals surface area contributed by atoms with Crippen molar-refractivity contribution >= 4 is 23.7 Å². The maximum absolute atomic E-state index is 3.38. The Morgan fingerprint density at radius 2 is 2.08 bits per heavy atom. The van der Waals surface area contributed by atoms with Gasteiger partial charge in [-0.05, 0) is 43.3 Å². The fraction of sp³-hybridized carbons (Fsp3) is 0.556. The van der Waals surface area contributed by atoms with Crippen LogP contribution in [-0.4, -0.2) is 13.1 Å². The van der Waals surface area contributed by atoms with Crippen molar-refractivity contribution in [2.75, 3.05) is 13.1 Å². The van der Waals surface area contributed by atoms with Crippen LogP contribution in [0.1, 0.15) is 23.6 Å². The molecule has 1 fully saturated rings. The van der Waals surface area contributed by atoms with Crippen molar-refractivity contribution in [1.29, 1.82) is 0 Å². The molecule has 0 radical (unpaired) electrons. The fourth-order valence-corrected chi connectivity index (χ4v) is 2.53. The molecule has 1 aliphatic rings. The first-order valence-electron chi connectivity index (χ1n) is 4.21. The molecule has 68 valence electrons. The number of rotatable bonds is 1. The first-order valence-corrected chi connectivity index (χ1v) is 5.09. The Hall–Kier alpha value is -0.0500. The standard InChI is InChI=1S/C9H13NS.ClH/c1-2-9(11-7-1)8-3-5-10-6-4-8;/h1-2,7-8,10H,3-6H2;1H. The Bertz CT molecular complexity index is 204. The van der Waals surface area contributed by atoms with Gasteiger partial charge in [0.05, 0.1) is 0 Å². The smallest absolute Gasteiger partial charge is 0.00771 e. The van der Waals surface area contributed by atoms with E-state index in [-0.39, 0.29) is 12.4 Å². The Balaban J connectivity index is 0.000000720. The summed E-state index contributed by atoms with van der Waals surface area (Å²) < 4.78 is 0. The minimum atomic E-state index is 0. The zero-order valence-electron chi connectivity index (χ0n) is 6.95. The highest BCUT2D eigenvalue weighted by Crippen LogP contribution is 2.28. The van der Waals surface area contributed by atoms with Crippen LogP contribution in [0, 0.1) is 0 Å². The minimum Gasteiger partial charge on any atom is -0.317 e. The van der Waals surface area contributed by atoms with Crippen molar-refractivity contribution < 1.29 is 0 Å². The van der Waals surface area contributed by atoms with Gasteiger partial charge in [-0.25, -0.2) is 0 Å². The lowest BCUT2D eigenvalue weighted by molar-refractivity contribution is 0.465. The summed E-state index contributed by atoms with van der Waals surface area (Å²) in [6.07, 6.45) is 2.64. The topological polar surface area (TPSA) is 12.0 Å². The first kappa shape index (κ1) is 10.0. The Morgan fingerprint density at radius 3 is 2.67 bits per heavy atom. The minimum absolute atomic E-state index is 0. The van der Waals surface area contributed by atoms with Crippen LogP contribution in [0.25, 0.3) is 0 Å². The van der Waals surface area contributed by atoms with Crippen LogP contribution in [0.5, 0.6) is 0 Å². The van der Waals surface area contributed by atoms with Crippen LogP contribution in [0.2, 0.25) is 0 Å². The largest absolute Gasteiger partial charge is 0.317 e. The number of nitrogens with one attached hydrogen (secondary N) is 1. The van der Waals surface area contributed by atoms with Gasteiger partial charge in [-0.3, -0.25) is 0 Å². The molecule has 1 nitrogen and oxygen atoms in total. The van der Waals surface area contributed by atoms with Crippen LogP contribution in [0.3, 0.4) is 0 Å². The SMILES string of the molecule is Cl.c1csc(C2CCNCC2)c1. The monoisotopic (exact) mass is 203 g/mol. The average Bonchev–Trinajstić information content (AvgIpc) is 2.58. The van der Waals surface area contributed by atoms with E-state index in [0.29, 0.717) is 0 Å². The summed E-state index contributed by atoms with van der Waals surface area (Å²) in [5, 5.41) is 5.56. The number of halogens is 1. The summed E-state index contributed by atoms with van der Waals surface area (Å²) in [4.78, 5) is 1.58. The molecule has 0 aliphatic carbocycles. The lowest BCUT2D eigenvalue weighted by Gasteiger charge is -2.21. The molecule has 0 spiro atoms. The number of thiophene rings is 1. The van der Waals surface area contributed by atoms with E-state index in [9.17, 15) is 0 Å².